The van der Waals surface area contributed by atoms with Gasteiger partial charge >= 0.3 is 0 Å². The maximum atomic E-state index is 12.3. The van der Waals surface area contributed by atoms with Crippen molar-refractivity contribution >= 4 is 11.7 Å². The maximum absolute atomic E-state index is 12.3. The summed E-state index contributed by atoms with van der Waals surface area (Å²) in [6.07, 6.45) is 3.62. The summed E-state index contributed by atoms with van der Waals surface area (Å²) >= 11 is 0. The molecule has 0 unspecified atom stereocenters. The molecule has 1 aliphatic rings. The summed E-state index contributed by atoms with van der Waals surface area (Å²) in [4.78, 5) is 19.1. The van der Waals surface area contributed by atoms with Crippen LogP contribution < -0.4 is 5.32 Å². The molecule has 2 rings (SSSR count). The maximum Gasteiger partial charge on any atom is 0.231 e. The second kappa shape index (κ2) is 7.88. The highest BCUT2D eigenvalue weighted by Crippen LogP contribution is 2.22. The fourth-order valence-corrected chi connectivity index (χ4v) is 2.45. The van der Waals surface area contributed by atoms with Gasteiger partial charge in [-0.15, -0.1) is 0 Å². The van der Waals surface area contributed by atoms with Crippen LogP contribution in [0.15, 0.2) is 12.3 Å². The van der Waals surface area contributed by atoms with Crippen LogP contribution in [-0.2, 0) is 16.0 Å². The molecule has 1 amide bonds. The minimum Gasteiger partial charge on any atom is -0.379 e. The van der Waals surface area contributed by atoms with Crippen LogP contribution >= 0.6 is 0 Å². The first-order valence-electron chi connectivity index (χ1n) is 8.49. The molecule has 0 aliphatic carbocycles. The minimum absolute atomic E-state index is 0.0236. The van der Waals surface area contributed by atoms with E-state index in [1.165, 1.54) is 11.1 Å². The number of pyridine rings is 1. The third-order valence-corrected chi connectivity index (χ3v) is 4.76. The summed E-state index contributed by atoms with van der Waals surface area (Å²) < 4.78 is 5.38. The highest BCUT2D eigenvalue weighted by molar-refractivity contribution is 5.94. The zero-order valence-electron chi connectivity index (χ0n) is 14.8. The molecule has 23 heavy (non-hydrogen) atoms. The molecule has 0 atom stereocenters. The second-order valence-electron chi connectivity index (χ2n) is 6.89. The van der Waals surface area contributed by atoms with E-state index in [-0.39, 0.29) is 11.3 Å². The van der Waals surface area contributed by atoms with Gasteiger partial charge in [0, 0.05) is 31.2 Å². The zero-order chi connectivity index (χ0) is 16.9. The Hall–Kier alpha value is -1.46. The Morgan fingerprint density at radius 3 is 2.74 bits per heavy atom. The summed E-state index contributed by atoms with van der Waals surface area (Å²) in [7, 11) is 0. The van der Waals surface area contributed by atoms with Crippen molar-refractivity contribution in [2.75, 3.05) is 38.2 Å². The number of anilines is 1. The van der Waals surface area contributed by atoms with Crippen molar-refractivity contribution in [3.05, 3.63) is 23.4 Å². The molecule has 0 bridgehead atoms. The van der Waals surface area contributed by atoms with E-state index in [9.17, 15) is 4.79 Å². The highest BCUT2D eigenvalue weighted by atomic mass is 16.5. The first-order valence-corrected chi connectivity index (χ1v) is 8.49. The van der Waals surface area contributed by atoms with E-state index in [1.807, 2.05) is 33.0 Å². The zero-order valence-corrected chi connectivity index (χ0v) is 14.8. The summed E-state index contributed by atoms with van der Waals surface area (Å²) in [6, 6.07) is 2.01. The topological polar surface area (TPSA) is 54.5 Å². The van der Waals surface area contributed by atoms with Gasteiger partial charge < -0.3 is 10.1 Å². The molecule has 2 heterocycles. The highest BCUT2D eigenvalue weighted by Gasteiger charge is 2.25. The fourth-order valence-electron chi connectivity index (χ4n) is 2.45. The predicted molar refractivity (Wildman–Crippen MR) is 92.6 cm³/mol. The van der Waals surface area contributed by atoms with Crippen LogP contribution in [0.5, 0.6) is 0 Å². The SMILES string of the molecule is CCC(C)(C)C(=O)Nc1cc(CCN2CCOCC2)c(C)cn1. The molecule has 0 spiro atoms. The molecule has 128 valence electrons. The summed E-state index contributed by atoms with van der Waals surface area (Å²) in [6.45, 7) is 12.7. The average molecular weight is 319 g/mol. The first-order chi connectivity index (χ1) is 10.9. The van der Waals surface area contributed by atoms with Crippen LogP contribution in [0.1, 0.15) is 38.3 Å². The Morgan fingerprint density at radius 1 is 1.39 bits per heavy atom. The van der Waals surface area contributed by atoms with Gasteiger partial charge in [0.15, 0.2) is 0 Å². The Balaban J connectivity index is 1.99. The number of morpholine rings is 1. The number of hydrogen-bond acceptors (Lipinski definition) is 4. The van der Waals surface area contributed by atoms with Gasteiger partial charge in [0.25, 0.3) is 0 Å². The number of amides is 1. The smallest absolute Gasteiger partial charge is 0.231 e. The molecule has 5 heteroatoms. The molecule has 0 aromatic carbocycles. The Kier molecular flexibility index (Phi) is 6.13. The van der Waals surface area contributed by atoms with Crippen LogP contribution in [0, 0.1) is 12.3 Å². The summed E-state index contributed by atoms with van der Waals surface area (Å²) in [5, 5.41) is 2.96. The van der Waals surface area contributed by atoms with Crippen LogP contribution in [0.2, 0.25) is 0 Å². The van der Waals surface area contributed by atoms with Gasteiger partial charge in [-0.1, -0.05) is 20.8 Å². The molecule has 5 nitrogen and oxygen atoms in total. The third-order valence-electron chi connectivity index (χ3n) is 4.76. The molecule has 0 radical (unpaired) electrons. The lowest BCUT2D eigenvalue weighted by Gasteiger charge is -2.26. The van der Waals surface area contributed by atoms with E-state index < -0.39 is 0 Å². The Morgan fingerprint density at radius 2 is 2.09 bits per heavy atom. The number of ether oxygens (including phenoxy) is 1. The number of aryl methyl sites for hydroxylation is 1. The van der Waals surface area contributed by atoms with Crippen molar-refractivity contribution in [3.63, 3.8) is 0 Å². The largest absolute Gasteiger partial charge is 0.379 e. The number of carbonyl (C=O) groups excluding carboxylic acids is 1. The van der Waals surface area contributed by atoms with Gasteiger partial charge in [-0.05, 0) is 37.0 Å². The van der Waals surface area contributed by atoms with Crippen molar-refractivity contribution in [1.29, 1.82) is 0 Å². The third kappa shape index (κ3) is 5.01. The number of nitrogens with zero attached hydrogens (tertiary/aromatic N) is 2. The van der Waals surface area contributed by atoms with Gasteiger partial charge in [-0.25, -0.2) is 4.98 Å². The van der Waals surface area contributed by atoms with E-state index >= 15 is 0 Å². The molecule has 0 saturated carbocycles. The quantitative estimate of drug-likeness (QED) is 0.876. The lowest BCUT2D eigenvalue weighted by atomic mass is 9.89. The van der Waals surface area contributed by atoms with Crippen molar-refractivity contribution in [1.82, 2.24) is 9.88 Å². The van der Waals surface area contributed by atoms with Crippen LogP contribution in [0.4, 0.5) is 5.82 Å². The van der Waals surface area contributed by atoms with Gasteiger partial charge in [0.05, 0.1) is 13.2 Å². The number of carbonyl (C=O) groups is 1. The molecule has 1 aromatic heterocycles. The van der Waals surface area contributed by atoms with Crippen molar-refractivity contribution in [2.24, 2.45) is 5.41 Å². The van der Waals surface area contributed by atoms with Crippen LogP contribution in [0.3, 0.4) is 0 Å². The average Bonchev–Trinajstić information content (AvgIpc) is 2.56. The monoisotopic (exact) mass is 319 g/mol. The van der Waals surface area contributed by atoms with Crippen molar-refractivity contribution < 1.29 is 9.53 Å². The molecular formula is C18H29N3O2. The Bertz CT molecular complexity index is 537. The van der Waals surface area contributed by atoms with Gasteiger partial charge in [0.1, 0.15) is 5.82 Å². The molecule has 1 N–H and O–H groups in total. The number of nitrogens with one attached hydrogen (secondary N) is 1. The van der Waals surface area contributed by atoms with Gasteiger partial charge in [0.2, 0.25) is 5.91 Å². The van der Waals surface area contributed by atoms with E-state index in [1.54, 1.807) is 0 Å². The predicted octanol–water partition coefficient (Wildman–Crippen LogP) is 2.64. The van der Waals surface area contributed by atoms with Gasteiger partial charge in [-0.2, -0.15) is 0 Å². The lowest BCUT2D eigenvalue weighted by molar-refractivity contribution is -0.124. The van der Waals surface area contributed by atoms with E-state index in [0.717, 1.165) is 45.7 Å². The number of rotatable bonds is 6. The van der Waals surface area contributed by atoms with Crippen LogP contribution in [-0.4, -0.2) is 48.6 Å². The van der Waals surface area contributed by atoms with E-state index in [4.69, 9.17) is 4.74 Å². The fraction of sp³-hybridized carbons (Fsp3) is 0.667. The molecular weight excluding hydrogens is 290 g/mol. The van der Waals surface area contributed by atoms with Crippen LogP contribution in [0.25, 0.3) is 0 Å². The Labute approximate surface area is 139 Å². The van der Waals surface area contributed by atoms with E-state index in [0.29, 0.717) is 5.82 Å². The molecule has 1 aromatic rings. The van der Waals surface area contributed by atoms with Gasteiger partial charge in [-0.3, -0.25) is 9.69 Å². The minimum atomic E-state index is -0.374. The van der Waals surface area contributed by atoms with Crippen molar-refractivity contribution in [2.45, 2.75) is 40.5 Å². The first kappa shape index (κ1) is 17.9. The standard InChI is InChI=1S/C18H29N3O2/c1-5-18(3,4)17(22)20-16-12-15(14(2)13-19-16)6-7-21-8-10-23-11-9-21/h12-13H,5-11H2,1-4H3,(H,19,20,22). The normalized spacial score (nSPS) is 16.3. The lowest BCUT2D eigenvalue weighted by Crippen LogP contribution is -2.37. The van der Waals surface area contributed by atoms with Crippen molar-refractivity contribution in [3.8, 4) is 0 Å². The molecule has 1 saturated heterocycles. The number of hydrogen-bond donors (Lipinski definition) is 1. The number of aromatic nitrogens is 1. The second-order valence-corrected chi connectivity index (χ2v) is 6.89. The molecule has 1 aliphatic heterocycles. The molecule has 1 fully saturated rings. The summed E-state index contributed by atoms with van der Waals surface area (Å²) in [5.74, 6) is 0.676. The summed E-state index contributed by atoms with van der Waals surface area (Å²) in [5.41, 5.74) is 2.04. The van der Waals surface area contributed by atoms with E-state index in [2.05, 4.69) is 22.1 Å².